The van der Waals surface area contributed by atoms with E-state index in [2.05, 4.69) is 41.5 Å². The van der Waals surface area contributed by atoms with Crippen LogP contribution in [0.4, 0.5) is 0 Å². The minimum atomic E-state index is -0.115. The van der Waals surface area contributed by atoms with Crippen molar-refractivity contribution in [2.45, 2.75) is 23.6 Å². The molecule has 116 valence electrons. The number of carbonyl (C=O) groups excluding carboxylic acids is 1. The Morgan fingerprint density at radius 1 is 1.43 bits per heavy atom. The van der Waals surface area contributed by atoms with Crippen LogP contribution in [0.2, 0.25) is 0 Å². The molecule has 1 atom stereocenters. The molecule has 0 aliphatic heterocycles. The van der Waals surface area contributed by atoms with Gasteiger partial charge in [-0.05, 0) is 24.6 Å². The van der Waals surface area contributed by atoms with E-state index in [0.29, 0.717) is 13.2 Å². The van der Waals surface area contributed by atoms with Crippen molar-refractivity contribution < 1.29 is 9.53 Å². The molecule has 0 aliphatic rings. The summed E-state index contributed by atoms with van der Waals surface area (Å²) in [5, 5.41) is 5.99. The average molecular weight is 308 g/mol. The van der Waals surface area contributed by atoms with Crippen molar-refractivity contribution in [2.24, 2.45) is 0 Å². The largest absolute Gasteiger partial charge is 0.383 e. The van der Waals surface area contributed by atoms with Crippen LogP contribution in [-0.2, 0) is 16.1 Å². The van der Waals surface area contributed by atoms with Gasteiger partial charge in [-0.3, -0.25) is 4.79 Å². The van der Waals surface area contributed by atoms with E-state index in [0.717, 1.165) is 18.0 Å². The number of carbonyl (C=O) groups is 1. The van der Waals surface area contributed by atoms with Crippen molar-refractivity contribution in [2.75, 3.05) is 26.8 Å². The molecule has 0 fully saturated rings. The molecule has 5 heteroatoms. The summed E-state index contributed by atoms with van der Waals surface area (Å²) in [5.41, 5.74) is 1.22. The van der Waals surface area contributed by atoms with Crippen LogP contribution in [0.5, 0.6) is 0 Å². The van der Waals surface area contributed by atoms with Crippen LogP contribution in [0.25, 0.3) is 0 Å². The van der Waals surface area contributed by atoms with Crippen LogP contribution in [0, 0.1) is 0 Å². The highest BCUT2D eigenvalue weighted by Gasteiger charge is 2.13. The molecule has 0 spiro atoms. The van der Waals surface area contributed by atoms with Crippen molar-refractivity contribution >= 4 is 17.7 Å². The maximum absolute atomic E-state index is 11.8. The van der Waals surface area contributed by atoms with E-state index in [9.17, 15) is 4.79 Å². The van der Waals surface area contributed by atoms with Crippen molar-refractivity contribution in [3.8, 4) is 0 Å². The van der Waals surface area contributed by atoms with Crippen LogP contribution in [-0.4, -0.2) is 38.0 Å². The zero-order chi connectivity index (χ0) is 15.5. The lowest BCUT2D eigenvalue weighted by molar-refractivity contribution is -0.120. The zero-order valence-electron chi connectivity index (χ0n) is 12.7. The summed E-state index contributed by atoms with van der Waals surface area (Å²) < 4.78 is 4.98. The third-order valence-electron chi connectivity index (χ3n) is 2.84. The molecule has 0 aromatic heterocycles. The van der Waals surface area contributed by atoms with Gasteiger partial charge < -0.3 is 15.4 Å². The fourth-order valence-electron chi connectivity index (χ4n) is 1.67. The molecule has 1 unspecified atom stereocenters. The molecule has 1 aromatic carbocycles. The van der Waals surface area contributed by atoms with E-state index in [-0.39, 0.29) is 11.2 Å². The third kappa shape index (κ3) is 7.32. The van der Waals surface area contributed by atoms with Gasteiger partial charge in [0, 0.05) is 31.6 Å². The summed E-state index contributed by atoms with van der Waals surface area (Å²) in [6.45, 7) is 8.38. The number of hydrogen-bond acceptors (Lipinski definition) is 4. The maximum atomic E-state index is 11.8. The molecule has 1 amide bonds. The molecule has 0 heterocycles. The SMILES string of the molecule is C=CCNC(=O)C(C)Sc1ccc(CNCCOC)cc1. The van der Waals surface area contributed by atoms with Crippen molar-refractivity contribution in [1.82, 2.24) is 10.6 Å². The van der Waals surface area contributed by atoms with Gasteiger partial charge in [0.25, 0.3) is 0 Å². The summed E-state index contributed by atoms with van der Waals surface area (Å²) in [6.07, 6.45) is 1.68. The van der Waals surface area contributed by atoms with Gasteiger partial charge in [-0.15, -0.1) is 18.3 Å². The average Bonchev–Trinajstić information content (AvgIpc) is 2.50. The molecule has 0 bridgehead atoms. The molecule has 4 nitrogen and oxygen atoms in total. The summed E-state index contributed by atoms with van der Waals surface area (Å²) in [5.74, 6) is 0.0326. The van der Waals surface area contributed by atoms with E-state index >= 15 is 0 Å². The second kappa shape index (κ2) is 10.4. The molecular formula is C16H24N2O2S. The van der Waals surface area contributed by atoms with Crippen LogP contribution in [0.3, 0.4) is 0 Å². The lowest BCUT2D eigenvalue weighted by atomic mass is 10.2. The first kappa shape index (κ1) is 17.8. The normalized spacial score (nSPS) is 11.9. The van der Waals surface area contributed by atoms with Crippen molar-refractivity contribution in [3.05, 3.63) is 42.5 Å². The van der Waals surface area contributed by atoms with Crippen LogP contribution < -0.4 is 10.6 Å². The van der Waals surface area contributed by atoms with E-state index < -0.39 is 0 Å². The fourth-order valence-corrected chi connectivity index (χ4v) is 2.56. The predicted octanol–water partition coefficient (Wildman–Crippen LogP) is 2.21. The second-order valence-corrected chi connectivity index (χ2v) is 6.02. The smallest absolute Gasteiger partial charge is 0.233 e. The summed E-state index contributed by atoms with van der Waals surface area (Å²) in [7, 11) is 1.69. The minimum absolute atomic E-state index is 0.0326. The van der Waals surface area contributed by atoms with Gasteiger partial charge in [-0.25, -0.2) is 0 Å². The van der Waals surface area contributed by atoms with E-state index in [1.807, 2.05) is 6.92 Å². The molecule has 0 radical (unpaired) electrons. The number of rotatable bonds is 10. The first-order chi connectivity index (χ1) is 10.2. The topological polar surface area (TPSA) is 50.4 Å². The number of amides is 1. The van der Waals surface area contributed by atoms with Gasteiger partial charge in [-0.1, -0.05) is 18.2 Å². The van der Waals surface area contributed by atoms with Crippen LogP contribution >= 0.6 is 11.8 Å². The lowest BCUT2D eigenvalue weighted by Gasteiger charge is -2.11. The van der Waals surface area contributed by atoms with E-state index in [4.69, 9.17) is 4.74 Å². The van der Waals surface area contributed by atoms with Gasteiger partial charge in [0.1, 0.15) is 0 Å². The molecule has 2 N–H and O–H groups in total. The number of benzene rings is 1. The Balaban J connectivity index is 2.39. The number of methoxy groups -OCH3 is 1. The summed E-state index contributed by atoms with van der Waals surface area (Å²) in [6, 6.07) is 8.26. The zero-order valence-corrected chi connectivity index (χ0v) is 13.5. The van der Waals surface area contributed by atoms with Gasteiger partial charge in [-0.2, -0.15) is 0 Å². The molecule has 1 rings (SSSR count). The number of ether oxygens (including phenoxy) is 1. The van der Waals surface area contributed by atoms with E-state index in [1.54, 1.807) is 24.9 Å². The van der Waals surface area contributed by atoms with Gasteiger partial charge in [0.15, 0.2) is 0 Å². The maximum Gasteiger partial charge on any atom is 0.233 e. The molecule has 21 heavy (non-hydrogen) atoms. The van der Waals surface area contributed by atoms with Crippen LogP contribution in [0.1, 0.15) is 12.5 Å². The minimum Gasteiger partial charge on any atom is -0.383 e. The molecule has 0 aliphatic carbocycles. The Hall–Kier alpha value is -1.30. The molecular weight excluding hydrogens is 284 g/mol. The highest BCUT2D eigenvalue weighted by Crippen LogP contribution is 2.23. The first-order valence-corrected chi connectivity index (χ1v) is 7.89. The lowest BCUT2D eigenvalue weighted by Crippen LogP contribution is -2.30. The quantitative estimate of drug-likeness (QED) is 0.395. The first-order valence-electron chi connectivity index (χ1n) is 7.01. The Morgan fingerprint density at radius 2 is 2.14 bits per heavy atom. The molecule has 0 saturated heterocycles. The Kier molecular flexibility index (Phi) is 8.82. The second-order valence-electron chi connectivity index (χ2n) is 4.61. The third-order valence-corrected chi connectivity index (χ3v) is 3.95. The highest BCUT2D eigenvalue weighted by atomic mass is 32.2. The summed E-state index contributed by atoms with van der Waals surface area (Å²) in [4.78, 5) is 12.9. The number of hydrogen-bond donors (Lipinski definition) is 2. The van der Waals surface area contributed by atoms with Gasteiger partial charge in [0.2, 0.25) is 5.91 Å². The van der Waals surface area contributed by atoms with E-state index in [1.165, 1.54) is 5.56 Å². The molecule has 1 aromatic rings. The predicted molar refractivity (Wildman–Crippen MR) is 88.6 cm³/mol. The van der Waals surface area contributed by atoms with Crippen molar-refractivity contribution in [3.63, 3.8) is 0 Å². The standard InChI is InChI=1S/C16H24N2O2S/c1-4-9-18-16(19)13(2)21-15-7-5-14(6-8-15)12-17-10-11-20-3/h4-8,13,17H,1,9-12H2,2-3H3,(H,18,19). The van der Waals surface area contributed by atoms with Gasteiger partial charge >= 0.3 is 0 Å². The fraction of sp³-hybridized carbons (Fsp3) is 0.438. The number of thioether (sulfide) groups is 1. The van der Waals surface area contributed by atoms with Gasteiger partial charge in [0.05, 0.1) is 11.9 Å². The Labute approximate surface area is 131 Å². The summed E-state index contributed by atoms with van der Waals surface area (Å²) >= 11 is 1.56. The molecule has 0 saturated carbocycles. The Morgan fingerprint density at radius 3 is 2.76 bits per heavy atom. The monoisotopic (exact) mass is 308 g/mol. The number of nitrogens with one attached hydrogen (secondary N) is 2. The highest BCUT2D eigenvalue weighted by molar-refractivity contribution is 8.00. The Bertz CT molecular complexity index is 434. The van der Waals surface area contributed by atoms with Crippen LogP contribution in [0.15, 0.2) is 41.8 Å². The van der Waals surface area contributed by atoms with Crippen molar-refractivity contribution in [1.29, 1.82) is 0 Å².